The quantitative estimate of drug-likeness (QED) is 0.572. The number of furan rings is 1. The van der Waals surface area contributed by atoms with Gasteiger partial charge in [-0.1, -0.05) is 24.3 Å². The number of aromatic nitrogens is 1. The van der Waals surface area contributed by atoms with Crippen LogP contribution in [0.1, 0.15) is 27.7 Å². The van der Waals surface area contributed by atoms with E-state index < -0.39 is 11.2 Å². The summed E-state index contributed by atoms with van der Waals surface area (Å²) in [7, 11) is 0.418. The van der Waals surface area contributed by atoms with Crippen LogP contribution in [-0.4, -0.2) is 28.8 Å². The maximum absolute atomic E-state index is 10.3. The fourth-order valence-electron chi connectivity index (χ4n) is 3.07. The summed E-state index contributed by atoms with van der Waals surface area (Å²) >= 11 is 0. The molecule has 2 aromatic carbocycles. The van der Waals surface area contributed by atoms with Crippen molar-refractivity contribution >= 4 is 45.7 Å². The summed E-state index contributed by atoms with van der Waals surface area (Å²) in [4.78, 5) is 4.15. The molecule has 5 heteroatoms. The van der Waals surface area contributed by atoms with E-state index in [1.165, 1.54) is 0 Å². The highest BCUT2D eigenvalue weighted by molar-refractivity contribution is 6.52. The molecule has 2 heterocycles. The molecule has 132 valence electrons. The molecule has 0 amide bonds. The Hall–Kier alpha value is -2.37. The predicted molar refractivity (Wildman–Crippen MR) is 107 cm³/mol. The molecule has 0 fully saturated rings. The molecule has 1 N–H and O–H groups in total. The second-order valence-corrected chi connectivity index (χ2v) is 7.79. The van der Waals surface area contributed by atoms with E-state index in [0.29, 0.717) is 7.48 Å². The van der Waals surface area contributed by atoms with Crippen LogP contribution in [0, 0.1) is 0 Å². The Kier molecular flexibility index (Phi) is 3.83. The Morgan fingerprint density at radius 1 is 0.962 bits per heavy atom. The van der Waals surface area contributed by atoms with E-state index in [1.807, 2.05) is 26.0 Å². The summed E-state index contributed by atoms with van der Waals surface area (Å²) in [5.41, 5.74) is 1.13. The van der Waals surface area contributed by atoms with Crippen LogP contribution in [-0.2, 0) is 4.65 Å². The Balaban J connectivity index is 1.81. The highest BCUT2D eigenvalue weighted by Crippen LogP contribution is 2.33. The third kappa shape index (κ3) is 2.68. The van der Waals surface area contributed by atoms with Gasteiger partial charge in [-0.25, -0.2) is 0 Å². The van der Waals surface area contributed by atoms with Gasteiger partial charge in [0.2, 0.25) is 0 Å². The number of rotatable bonds is 4. The van der Waals surface area contributed by atoms with E-state index in [2.05, 4.69) is 29.2 Å². The molecular formula is C21H22BNO3. The average molecular weight is 347 g/mol. The zero-order valence-electron chi connectivity index (χ0n) is 15.5. The number of aliphatic hydroxyl groups is 1. The highest BCUT2D eigenvalue weighted by atomic mass is 16.5. The van der Waals surface area contributed by atoms with E-state index in [-0.39, 0.29) is 0 Å². The van der Waals surface area contributed by atoms with Crippen LogP contribution < -0.4 is 5.46 Å². The number of hydrogen-bond acceptors (Lipinski definition) is 4. The van der Waals surface area contributed by atoms with Crippen molar-refractivity contribution in [3.8, 4) is 0 Å². The number of nitrogens with zero attached hydrogens (tertiary/aromatic N) is 1. The van der Waals surface area contributed by atoms with Crippen molar-refractivity contribution in [2.24, 2.45) is 0 Å². The van der Waals surface area contributed by atoms with Crippen LogP contribution in [0.5, 0.6) is 0 Å². The van der Waals surface area contributed by atoms with E-state index in [0.717, 1.165) is 38.2 Å². The maximum atomic E-state index is 10.3. The van der Waals surface area contributed by atoms with Gasteiger partial charge in [0.1, 0.15) is 5.58 Å². The second kappa shape index (κ2) is 5.83. The van der Waals surface area contributed by atoms with Gasteiger partial charge >= 0.3 is 7.48 Å². The fourth-order valence-corrected chi connectivity index (χ4v) is 3.07. The van der Waals surface area contributed by atoms with Crippen molar-refractivity contribution in [2.75, 3.05) is 0 Å². The van der Waals surface area contributed by atoms with Crippen LogP contribution in [0.4, 0.5) is 0 Å². The smallest absolute Gasteiger partial charge is 0.310 e. The largest absolute Gasteiger partial charge is 0.454 e. The minimum atomic E-state index is -0.934. The summed E-state index contributed by atoms with van der Waals surface area (Å²) in [6.07, 6.45) is 3.53. The van der Waals surface area contributed by atoms with Gasteiger partial charge in [-0.05, 0) is 50.7 Å². The third-order valence-electron chi connectivity index (χ3n) is 5.45. The Labute approximate surface area is 153 Å². The molecule has 0 saturated carbocycles. The summed E-state index contributed by atoms with van der Waals surface area (Å²) < 4.78 is 12.1. The Bertz CT molecular complexity index is 1110. The lowest BCUT2D eigenvalue weighted by Crippen LogP contribution is -2.49. The first kappa shape index (κ1) is 17.1. The first-order chi connectivity index (χ1) is 12.3. The Morgan fingerprint density at radius 2 is 1.69 bits per heavy atom. The van der Waals surface area contributed by atoms with E-state index >= 15 is 0 Å². The molecule has 0 saturated heterocycles. The van der Waals surface area contributed by atoms with E-state index in [9.17, 15) is 5.11 Å². The molecule has 4 nitrogen and oxygen atoms in total. The lowest BCUT2D eigenvalue weighted by atomic mass is 9.80. The minimum Gasteiger partial charge on any atom is -0.454 e. The third-order valence-corrected chi connectivity index (χ3v) is 5.45. The average Bonchev–Trinajstić information content (AvgIpc) is 2.98. The van der Waals surface area contributed by atoms with E-state index in [4.69, 9.17) is 9.07 Å². The van der Waals surface area contributed by atoms with Gasteiger partial charge in [0.05, 0.1) is 17.4 Å². The molecule has 4 rings (SSSR count). The molecule has 0 radical (unpaired) electrons. The van der Waals surface area contributed by atoms with Crippen molar-refractivity contribution in [1.29, 1.82) is 0 Å². The molecule has 0 aliphatic heterocycles. The van der Waals surface area contributed by atoms with Gasteiger partial charge in [-0.15, -0.1) is 0 Å². The monoisotopic (exact) mass is 347 g/mol. The number of fused-ring (bicyclic) bond motifs is 5. The summed E-state index contributed by atoms with van der Waals surface area (Å²) in [5, 5.41) is 14.6. The number of pyridine rings is 1. The summed E-state index contributed by atoms with van der Waals surface area (Å²) in [6, 6.07) is 12.3. The van der Waals surface area contributed by atoms with Crippen LogP contribution in [0.3, 0.4) is 0 Å². The molecule has 0 atom stereocenters. The maximum Gasteiger partial charge on any atom is 0.310 e. The molecule has 0 aliphatic carbocycles. The normalized spacial score (nSPS) is 13.0. The SMILES string of the molecule is CC(C)(O)C(C)(C)OBc1cccc2c1ccc1c3ccncc3oc21. The second-order valence-electron chi connectivity index (χ2n) is 7.79. The number of hydrogen-bond donors (Lipinski definition) is 1. The van der Waals surface area contributed by atoms with Crippen LogP contribution >= 0.6 is 0 Å². The van der Waals surface area contributed by atoms with Crippen molar-refractivity contribution in [2.45, 2.75) is 38.9 Å². The van der Waals surface area contributed by atoms with Gasteiger partial charge in [0.15, 0.2) is 5.58 Å². The Morgan fingerprint density at radius 3 is 2.46 bits per heavy atom. The van der Waals surface area contributed by atoms with Gasteiger partial charge in [0.25, 0.3) is 0 Å². The van der Waals surface area contributed by atoms with Crippen molar-refractivity contribution in [3.05, 3.63) is 48.8 Å². The molecule has 0 bridgehead atoms. The first-order valence-electron chi connectivity index (χ1n) is 8.81. The molecule has 0 aliphatic rings. The summed E-state index contributed by atoms with van der Waals surface area (Å²) in [5.74, 6) is 0. The highest BCUT2D eigenvalue weighted by Gasteiger charge is 2.35. The minimum absolute atomic E-state index is 0.418. The molecule has 0 spiro atoms. The van der Waals surface area contributed by atoms with Crippen LogP contribution in [0.2, 0.25) is 0 Å². The van der Waals surface area contributed by atoms with Gasteiger partial charge in [-0.3, -0.25) is 4.98 Å². The van der Waals surface area contributed by atoms with Gasteiger partial charge in [0, 0.05) is 22.4 Å². The molecule has 4 aromatic rings. The van der Waals surface area contributed by atoms with Crippen molar-refractivity contribution in [3.63, 3.8) is 0 Å². The lowest BCUT2D eigenvalue weighted by molar-refractivity contribution is -0.0893. The molecular weight excluding hydrogens is 325 g/mol. The molecule has 2 aromatic heterocycles. The van der Waals surface area contributed by atoms with Gasteiger partial charge in [-0.2, -0.15) is 0 Å². The topological polar surface area (TPSA) is 55.5 Å². The van der Waals surface area contributed by atoms with Crippen LogP contribution in [0.15, 0.2) is 53.2 Å². The van der Waals surface area contributed by atoms with Gasteiger partial charge < -0.3 is 14.2 Å². The zero-order chi connectivity index (χ0) is 18.5. The molecule has 0 unspecified atom stereocenters. The summed E-state index contributed by atoms with van der Waals surface area (Å²) in [6.45, 7) is 7.34. The predicted octanol–water partition coefficient (Wildman–Crippen LogP) is 3.68. The van der Waals surface area contributed by atoms with Crippen LogP contribution in [0.25, 0.3) is 32.7 Å². The first-order valence-corrected chi connectivity index (χ1v) is 8.81. The standard InChI is InChI=1S/C21H22BNO3/c1-20(2,24)21(3,4)26-22-17-7-5-6-15-13(17)8-9-16-14-10-11-23-12-18(14)25-19(15)16/h5-12,22,24H,1-4H3. The van der Waals surface area contributed by atoms with Crippen molar-refractivity contribution in [1.82, 2.24) is 4.98 Å². The van der Waals surface area contributed by atoms with Crippen molar-refractivity contribution < 1.29 is 14.2 Å². The molecule has 26 heavy (non-hydrogen) atoms. The number of benzene rings is 2. The lowest BCUT2D eigenvalue weighted by Gasteiger charge is -2.37. The zero-order valence-corrected chi connectivity index (χ0v) is 15.5. The fraction of sp³-hybridized carbons (Fsp3) is 0.286. The van der Waals surface area contributed by atoms with E-state index in [1.54, 1.807) is 26.2 Å².